The maximum Gasteiger partial charge on any atom is 0.251 e. The molecule has 1 aromatic rings. The predicted molar refractivity (Wildman–Crippen MR) is 99.7 cm³/mol. The normalized spacial score (nSPS) is 15.3. The van der Waals surface area contributed by atoms with Crippen LogP contribution in [0.3, 0.4) is 0 Å². The molecule has 3 N–H and O–H groups in total. The van der Waals surface area contributed by atoms with Crippen molar-refractivity contribution >= 4 is 17.7 Å². The zero-order chi connectivity index (χ0) is 18.8. The van der Waals surface area contributed by atoms with E-state index in [0.29, 0.717) is 18.7 Å². The fourth-order valence-corrected chi connectivity index (χ4v) is 2.89. The molecule has 0 bridgehead atoms. The highest BCUT2D eigenvalue weighted by Crippen LogP contribution is 2.09. The fraction of sp³-hybridized carbons (Fsp3) is 0.526. The van der Waals surface area contributed by atoms with Gasteiger partial charge in [-0.25, -0.2) is 0 Å². The highest BCUT2D eigenvalue weighted by molar-refractivity contribution is 5.96. The van der Waals surface area contributed by atoms with Crippen LogP contribution in [-0.2, 0) is 9.59 Å². The van der Waals surface area contributed by atoms with E-state index in [4.69, 9.17) is 0 Å². The second kappa shape index (κ2) is 10.6. The second-order valence-electron chi connectivity index (χ2n) is 6.52. The van der Waals surface area contributed by atoms with Crippen LogP contribution in [0.4, 0.5) is 0 Å². The molecule has 1 fully saturated rings. The summed E-state index contributed by atoms with van der Waals surface area (Å²) in [6.07, 6.45) is 2.54. The largest absolute Gasteiger partial charge is 0.355 e. The van der Waals surface area contributed by atoms with Crippen molar-refractivity contribution in [2.24, 2.45) is 0 Å². The van der Waals surface area contributed by atoms with Crippen LogP contribution < -0.4 is 16.0 Å². The predicted octanol–water partition coefficient (Wildman–Crippen LogP) is 0.523. The van der Waals surface area contributed by atoms with Gasteiger partial charge in [0.15, 0.2) is 0 Å². The molecule has 1 saturated heterocycles. The molecule has 0 spiro atoms. The first-order chi connectivity index (χ1) is 12.6. The summed E-state index contributed by atoms with van der Waals surface area (Å²) >= 11 is 0. The van der Waals surface area contributed by atoms with Crippen molar-refractivity contribution in [2.75, 3.05) is 32.7 Å². The van der Waals surface area contributed by atoms with Crippen LogP contribution in [-0.4, -0.2) is 61.4 Å². The number of likely N-dealkylation sites (tertiary alicyclic amines) is 1. The SMILES string of the molecule is CCCNC(=O)CN1CCC(NC(=O)CNC(=O)c2ccccc2)CC1. The summed E-state index contributed by atoms with van der Waals surface area (Å²) in [6, 6.07) is 8.91. The van der Waals surface area contributed by atoms with E-state index in [1.165, 1.54) is 0 Å². The molecular formula is C19H28N4O3. The summed E-state index contributed by atoms with van der Waals surface area (Å²) in [5.41, 5.74) is 0.537. The number of nitrogens with one attached hydrogen (secondary N) is 3. The van der Waals surface area contributed by atoms with E-state index in [-0.39, 0.29) is 30.3 Å². The van der Waals surface area contributed by atoms with Gasteiger partial charge in [0.1, 0.15) is 0 Å². The fourth-order valence-electron chi connectivity index (χ4n) is 2.89. The van der Waals surface area contributed by atoms with E-state index in [2.05, 4.69) is 20.9 Å². The third-order valence-corrected chi connectivity index (χ3v) is 4.34. The number of carbonyl (C=O) groups is 3. The molecule has 142 valence electrons. The van der Waals surface area contributed by atoms with Crippen molar-refractivity contribution in [3.8, 4) is 0 Å². The lowest BCUT2D eigenvalue weighted by molar-refractivity contribution is -0.123. The number of nitrogens with zero attached hydrogens (tertiary/aromatic N) is 1. The number of piperidine rings is 1. The van der Waals surface area contributed by atoms with Crippen molar-refractivity contribution in [1.82, 2.24) is 20.9 Å². The van der Waals surface area contributed by atoms with Gasteiger partial charge in [-0.2, -0.15) is 0 Å². The first kappa shape index (κ1) is 19.9. The molecule has 0 radical (unpaired) electrons. The van der Waals surface area contributed by atoms with E-state index in [1.807, 2.05) is 13.0 Å². The van der Waals surface area contributed by atoms with Crippen molar-refractivity contribution in [2.45, 2.75) is 32.2 Å². The van der Waals surface area contributed by atoms with E-state index in [0.717, 1.165) is 32.4 Å². The lowest BCUT2D eigenvalue weighted by Gasteiger charge is -2.31. The topological polar surface area (TPSA) is 90.5 Å². The van der Waals surface area contributed by atoms with Crippen LogP contribution in [0, 0.1) is 0 Å². The third kappa shape index (κ3) is 6.84. The van der Waals surface area contributed by atoms with Crippen molar-refractivity contribution < 1.29 is 14.4 Å². The van der Waals surface area contributed by atoms with Gasteiger partial charge in [0.25, 0.3) is 5.91 Å². The maximum absolute atomic E-state index is 12.0. The first-order valence-corrected chi connectivity index (χ1v) is 9.20. The Morgan fingerprint density at radius 2 is 1.73 bits per heavy atom. The summed E-state index contributed by atoms with van der Waals surface area (Å²) in [4.78, 5) is 37.8. The molecule has 1 heterocycles. The molecule has 0 aromatic heterocycles. The first-order valence-electron chi connectivity index (χ1n) is 9.20. The quantitative estimate of drug-likeness (QED) is 0.631. The van der Waals surface area contributed by atoms with Crippen LogP contribution >= 0.6 is 0 Å². The molecule has 0 saturated carbocycles. The molecule has 7 nitrogen and oxygen atoms in total. The minimum atomic E-state index is -0.256. The Hall–Kier alpha value is -2.41. The molecule has 0 aliphatic carbocycles. The molecule has 7 heteroatoms. The van der Waals surface area contributed by atoms with Crippen molar-refractivity contribution in [3.05, 3.63) is 35.9 Å². The van der Waals surface area contributed by atoms with Gasteiger partial charge >= 0.3 is 0 Å². The van der Waals surface area contributed by atoms with Gasteiger partial charge in [-0.1, -0.05) is 25.1 Å². The third-order valence-electron chi connectivity index (χ3n) is 4.34. The summed E-state index contributed by atoms with van der Waals surface area (Å²) in [5.74, 6) is -0.389. The standard InChI is InChI=1S/C19H28N4O3/c1-2-10-20-18(25)14-23-11-8-16(9-12-23)22-17(24)13-21-19(26)15-6-4-3-5-7-15/h3-7,16H,2,8-14H2,1H3,(H,20,25)(H,21,26)(H,22,24). The molecule has 3 amide bonds. The summed E-state index contributed by atoms with van der Waals surface area (Å²) < 4.78 is 0. The van der Waals surface area contributed by atoms with Gasteiger partial charge in [0.2, 0.25) is 11.8 Å². The van der Waals surface area contributed by atoms with Crippen LogP contribution in [0.1, 0.15) is 36.5 Å². The van der Waals surface area contributed by atoms with Crippen LogP contribution in [0.15, 0.2) is 30.3 Å². The minimum Gasteiger partial charge on any atom is -0.355 e. The summed E-state index contributed by atoms with van der Waals surface area (Å²) in [7, 11) is 0. The molecule has 0 atom stereocenters. The summed E-state index contributed by atoms with van der Waals surface area (Å²) in [5, 5.41) is 8.45. The Labute approximate surface area is 154 Å². The van der Waals surface area contributed by atoms with Crippen molar-refractivity contribution in [3.63, 3.8) is 0 Å². The van der Waals surface area contributed by atoms with Crippen LogP contribution in [0.5, 0.6) is 0 Å². The number of hydrogen-bond acceptors (Lipinski definition) is 4. The average Bonchev–Trinajstić information content (AvgIpc) is 2.66. The second-order valence-corrected chi connectivity index (χ2v) is 6.52. The molecule has 1 aliphatic rings. The number of carbonyl (C=O) groups excluding carboxylic acids is 3. The average molecular weight is 360 g/mol. The van der Waals surface area contributed by atoms with Crippen molar-refractivity contribution in [1.29, 1.82) is 0 Å². The lowest BCUT2D eigenvalue weighted by Crippen LogP contribution is -2.49. The highest BCUT2D eigenvalue weighted by Gasteiger charge is 2.22. The minimum absolute atomic E-state index is 0.0344. The Morgan fingerprint density at radius 1 is 1.04 bits per heavy atom. The monoisotopic (exact) mass is 360 g/mol. The van der Waals surface area contributed by atoms with E-state index >= 15 is 0 Å². The molecule has 0 unspecified atom stereocenters. The number of amides is 3. The molecule has 1 aromatic carbocycles. The Balaban J connectivity index is 1.63. The van der Waals surface area contributed by atoms with Gasteiger partial charge in [0.05, 0.1) is 13.1 Å². The zero-order valence-corrected chi connectivity index (χ0v) is 15.3. The number of rotatable bonds is 8. The highest BCUT2D eigenvalue weighted by atomic mass is 16.2. The molecule has 1 aliphatic heterocycles. The Kier molecular flexibility index (Phi) is 8.08. The Bertz CT molecular complexity index is 598. The zero-order valence-electron chi connectivity index (χ0n) is 15.3. The smallest absolute Gasteiger partial charge is 0.251 e. The van der Waals surface area contributed by atoms with Crippen LogP contribution in [0.25, 0.3) is 0 Å². The van der Waals surface area contributed by atoms with E-state index in [1.54, 1.807) is 24.3 Å². The maximum atomic E-state index is 12.0. The number of benzene rings is 1. The van der Waals surface area contributed by atoms with Gasteiger partial charge in [-0.05, 0) is 31.4 Å². The Morgan fingerprint density at radius 3 is 2.38 bits per heavy atom. The van der Waals surface area contributed by atoms with Gasteiger partial charge in [-0.3, -0.25) is 19.3 Å². The lowest BCUT2D eigenvalue weighted by atomic mass is 10.0. The molecule has 2 rings (SSSR count). The molecular weight excluding hydrogens is 332 g/mol. The molecule has 26 heavy (non-hydrogen) atoms. The van der Waals surface area contributed by atoms with E-state index < -0.39 is 0 Å². The van der Waals surface area contributed by atoms with Gasteiger partial charge in [0, 0.05) is 31.2 Å². The van der Waals surface area contributed by atoms with Gasteiger partial charge < -0.3 is 16.0 Å². The van der Waals surface area contributed by atoms with E-state index in [9.17, 15) is 14.4 Å². The summed E-state index contributed by atoms with van der Waals surface area (Å²) in [6.45, 7) is 4.67. The van der Waals surface area contributed by atoms with Gasteiger partial charge in [-0.15, -0.1) is 0 Å². The number of hydrogen-bond donors (Lipinski definition) is 3. The van der Waals surface area contributed by atoms with Crippen LogP contribution in [0.2, 0.25) is 0 Å².